The lowest BCUT2D eigenvalue weighted by Gasteiger charge is -2.06. The van der Waals surface area contributed by atoms with E-state index in [9.17, 15) is 14.7 Å². The number of benzene rings is 1. The van der Waals surface area contributed by atoms with Crippen molar-refractivity contribution in [2.45, 2.75) is 0 Å². The summed E-state index contributed by atoms with van der Waals surface area (Å²) in [4.78, 5) is 23.9. The van der Waals surface area contributed by atoms with Crippen LogP contribution in [0.15, 0.2) is 52.6 Å². The van der Waals surface area contributed by atoms with E-state index in [1.807, 2.05) is 24.3 Å². The van der Waals surface area contributed by atoms with E-state index >= 15 is 0 Å². The average Bonchev–Trinajstić information content (AvgIpc) is 3.00. The monoisotopic (exact) mass is 403 g/mol. The molecule has 0 aliphatic heterocycles. The van der Waals surface area contributed by atoms with E-state index in [1.165, 1.54) is 29.8 Å². The first kappa shape index (κ1) is 16.3. The summed E-state index contributed by atoms with van der Waals surface area (Å²) in [5, 5.41) is 21.4. The Balaban J connectivity index is 1.96. The Hall–Kier alpha value is -2.58. The van der Waals surface area contributed by atoms with Crippen molar-refractivity contribution >= 4 is 44.1 Å². The number of nitrogens with zero attached hydrogens (tertiary/aromatic N) is 2. The lowest BCUT2D eigenvalue weighted by Crippen LogP contribution is -2.13. The molecule has 0 spiro atoms. The van der Waals surface area contributed by atoms with Gasteiger partial charge in [0.15, 0.2) is 0 Å². The maximum absolute atomic E-state index is 12.2. The van der Waals surface area contributed by atoms with E-state index in [0.29, 0.717) is 11.1 Å². The SMILES string of the molecule is O=C(Nc1scc(-c2ccc(Br)cc2)c1C(=O)O)c1ccnnc1. The molecule has 2 N–H and O–H groups in total. The van der Waals surface area contributed by atoms with Crippen molar-refractivity contribution in [1.29, 1.82) is 0 Å². The van der Waals surface area contributed by atoms with E-state index in [0.717, 1.165) is 10.0 Å². The number of aromatic carboxylic acids is 1. The van der Waals surface area contributed by atoms with E-state index in [1.54, 1.807) is 5.38 Å². The third-order valence-electron chi connectivity index (χ3n) is 3.23. The Kier molecular flexibility index (Phi) is 4.68. The molecule has 3 aromatic rings. The molecule has 120 valence electrons. The molecular weight excluding hydrogens is 394 g/mol. The van der Waals surface area contributed by atoms with Crippen molar-refractivity contribution in [1.82, 2.24) is 10.2 Å². The highest BCUT2D eigenvalue weighted by Gasteiger charge is 2.21. The summed E-state index contributed by atoms with van der Waals surface area (Å²) in [6, 6.07) is 8.80. The molecule has 24 heavy (non-hydrogen) atoms. The summed E-state index contributed by atoms with van der Waals surface area (Å²) < 4.78 is 0.900. The zero-order valence-corrected chi connectivity index (χ0v) is 14.5. The molecule has 8 heteroatoms. The van der Waals surface area contributed by atoms with Crippen LogP contribution >= 0.6 is 27.3 Å². The first-order valence-electron chi connectivity index (χ1n) is 6.75. The van der Waals surface area contributed by atoms with Crippen molar-refractivity contribution in [3.8, 4) is 11.1 Å². The predicted octanol–water partition coefficient (Wildman–Crippen LogP) is 3.92. The minimum atomic E-state index is -1.10. The summed E-state index contributed by atoms with van der Waals surface area (Å²) in [6.07, 6.45) is 2.72. The number of anilines is 1. The number of halogens is 1. The van der Waals surface area contributed by atoms with Crippen molar-refractivity contribution in [2.24, 2.45) is 0 Å². The van der Waals surface area contributed by atoms with Crippen LogP contribution in [0.1, 0.15) is 20.7 Å². The van der Waals surface area contributed by atoms with Gasteiger partial charge in [0.1, 0.15) is 10.6 Å². The van der Waals surface area contributed by atoms with Crippen LogP contribution in [-0.2, 0) is 0 Å². The van der Waals surface area contributed by atoms with Crippen LogP contribution in [0.5, 0.6) is 0 Å². The standard InChI is InChI=1S/C16H10BrN3O3S/c17-11-3-1-9(2-4-11)12-8-24-15(13(12)16(22)23)20-14(21)10-5-6-18-19-7-10/h1-8H,(H,20,21)(H,22,23). The van der Waals surface area contributed by atoms with Gasteiger partial charge >= 0.3 is 5.97 Å². The van der Waals surface area contributed by atoms with Gasteiger partial charge in [-0.1, -0.05) is 28.1 Å². The van der Waals surface area contributed by atoms with Crippen LogP contribution in [0.3, 0.4) is 0 Å². The Morgan fingerprint density at radius 1 is 1.12 bits per heavy atom. The van der Waals surface area contributed by atoms with Gasteiger partial charge in [0.05, 0.1) is 18.0 Å². The predicted molar refractivity (Wildman–Crippen MR) is 94.4 cm³/mol. The van der Waals surface area contributed by atoms with Gasteiger partial charge in [-0.15, -0.1) is 11.3 Å². The summed E-state index contributed by atoms with van der Waals surface area (Å²) in [5.41, 5.74) is 1.69. The quantitative estimate of drug-likeness (QED) is 0.688. The molecule has 3 rings (SSSR count). The lowest BCUT2D eigenvalue weighted by atomic mass is 10.0. The number of hydrogen-bond acceptors (Lipinski definition) is 5. The number of nitrogens with one attached hydrogen (secondary N) is 1. The number of amides is 1. The Morgan fingerprint density at radius 3 is 2.50 bits per heavy atom. The van der Waals surface area contributed by atoms with Crippen LogP contribution in [0.25, 0.3) is 11.1 Å². The van der Waals surface area contributed by atoms with Crippen LogP contribution in [0, 0.1) is 0 Å². The minimum Gasteiger partial charge on any atom is -0.478 e. The van der Waals surface area contributed by atoms with E-state index in [2.05, 4.69) is 31.4 Å². The number of hydrogen-bond donors (Lipinski definition) is 2. The topological polar surface area (TPSA) is 92.2 Å². The molecule has 0 radical (unpaired) electrons. The van der Waals surface area contributed by atoms with E-state index in [4.69, 9.17) is 0 Å². The number of carboxylic acids is 1. The van der Waals surface area contributed by atoms with Gasteiger partial charge in [0, 0.05) is 15.4 Å². The molecule has 0 saturated heterocycles. The zero-order chi connectivity index (χ0) is 17.1. The second-order valence-electron chi connectivity index (χ2n) is 4.75. The molecule has 2 aromatic heterocycles. The first-order valence-corrected chi connectivity index (χ1v) is 8.42. The van der Waals surface area contributed by atoms with Crippen LogP contribution < -0.4 is 5.32 Å². The second kappa shape index (κ2) is 6.90. The highest BCUT2D eigenvalue weighted by molar-refractivity contribution is 9.10. The molecule has 0 aliphatic rings. The molecule has 0 fully saturated rings. The molecule has 1 amide bonds. The van der Waals surface area contributed by atoms with Crippen LogP contribution in [0.2, 0.25) is 0 Å². The maximum Gasteiger partial charge on any atom is 0.339 e. The minimum absolute atomic E-state index is 0.0673. The number of thiophene rings is 1. The fraction of sp³-hybridized carbons (Fsp3) is 0. The van der Waals surface area contributed by atoms with Gasteiger partial charge in [-0.3, -0.25) is 4.79 Å². The van der Waals surface area contributed by atoms with Crippen molar-refractivity contribution in [3.63, 3.8) is 0 Å². The van der Waals surface area contributed by atoms with Gasteiger partial charge in [-0.25, -0.2) is 4.79 Å². The van der Waals surface area contributed by atoms with Crippen molar-refractivity contribution < 1.29 is 14.7 Å². The fourth-order valence-corrected chi connectivity index (χ4v) is 3.33. The van der Waals surface area contributed by atoms with Gasteiger partial charge in [-0.2, -0.15) is 10.2 Å². The molecule has 6 nitrogen and oxygen atoms in total. The average molecular weight is 404 g/mol. The fourth-order valence-electron chi connectivity index (χ4n) is 2.10. The molecular formula is C16H10BrN3O3S. The molecule has 0 aliphatic carbocycles. The normalized spacial score (nSPS) is 10.4. The largest absolute Gasteiger partial charge is 0.478 e. The van der Waals surface area contributed by atoms with Crippen molar-refractivity contribution in [3.05, 3.63) is 63.7 Å². The third kappa shape index (κ3) is 3.34. The molecule has 1 aromatic carbocycles. The summed E-state index contributed by atoms with van der Waals surface area (Å²) in [6.45, 7) is 0. The third-order valence-corrected chi connectivity index (χ3v) is 4.66. The van der Waals surface area contributed by atoms with E-state index in [-0.39, 0.29) is 10.6 Å². The van der Waals surface area contributed by atoms with Gasteiger partial charge in [-0.05, 0) is 23.8 Å². The zero-order valence-electron chi connectivity index (χ0n) is 12.1. The lowest BCUT2D eigenvalue weighted by molar-refractivity contribution is 0.0699. The number of carboxylic acid groups (broad SMARTS) is 1. The second-order valence-corrected chi connectivity index (χ2v) is 6.55. The maximum atomic E-state index is 12.2. The van der Waals surface area contributed by atoms with Gasteiger partial charge in [0.2, 0.25) is 0 Å². The highest BCUT2D eigenvalue weighted by Crippen LogP contribution is 2.36. The molecule has 0 saturated carbocycles. The van der Waals surface area contributed by atoms with Crippen molar-refractivity contribution in [2.75, 3.05) is 5.32 Å². The molecule has 0 atom stereocenters. The number of carbonyl (C=O) groups is 2. The Bertz CT molecular complexity index is 895. The first-order chi connectivity index (χ1) is 11.6. The smallest absolute Gasteiger partial charge is 0.339 e. The summed E-state index contributed by atoms with van der Waals surface area (Å²) >= 11 is 4.51. The Morgan fingerprint density at radius 2 is 1.88 bits per heavy atom. The summed E-state index contributed by atoms with van der Waals surface area (Å²) in [7, 11) is 0. The molecule has 2 heterocycles. The number of carbonyl (C=O) groups excluding carboxylic acids is 1. The van der Waals surface area contributed by atoms with Gasteiger partial charge in [0.25, 0.3) is 5.91 Å². The molecule has 0 bridgehead atoms. The number of rotatable bonds is 4. The Labute approximate surface area is 149 Å². The highest BCUT2D eigenvalue weighted by atomic mass is 79.9. The van der Waals surface area contributed by atoms with E-state index < -0.39 is 11.9 Å². The van der Waals surface area contributed by atoms with Crippen LogP contribution in [0.4, 0.5) is 5.00 Å². The molecule has 0 unspecified atom stereocenters. The number of aromatic nitrogens is 2. The van der Waals surface area contributed by atoms with Gasteiger partial charge < -0.3 is 10.4 Å². The summed E-state index contributed by atoms with van der Waals surface area (Å²) in [5.74, 6) is -1.53. The van der Waals surface area contributed by atoms with Crippen LogP contribution in [-0.4, -0.2) is 27.2 Å².